The highest BCUT2D eigenvalue weighted by atomic mass is 35.5. The summed E-state index contributed by atoms with van der Waals surface area (Å²) in [5.74, 6) is 0.0829. The quantitative estimate of drug-likeness (QED) is 0.860. The molecule has 0 aliphatic carbocycles. The molecule has 0 saturated carbocycles. The molecule has 124 valence electrons. The number of carbonyl (C=O) groups is 2. The van der Waals surface area contributed by atoms with Gasteiger partial charge in [-0.05, 0) is 30.3 Å². The summed E-state index contributed by atoms with van der Waals surface area (Å²) in [6, 6.07) is 14.3. The Balaban J connectivity index is 1.78. The fourth-order valence-corrected chi connectivity index (χ4v) is 2.92. The number of halogens is 1. The van der Waals surface area contributed by atoms with Crippen molar-refractivity contribution >= 4 is 29.1 Å². The number of para-hydroxylation sites is 1. The predicted octanol–water partition coefficient (Wildman–Crippen LogP) is 2.84. The third-order valence-corrected chi connectivity index (χ3v) is 4.20. The summed E-state index contributed by atoms with van der Waals surface area (Å²) >= 11 is 5.99. The third-order valence-electron chi connectivity index (χ3n) is 3.97. The van der Waals surface area contributed by atoms with Gasteiger partial charge in [0.15, 0.2) is 0 Å². The highest BCUT2D eigenvalue weighted by Crippen LogP contribution is 2.25. The number of ether oxygens (including phenoxy) is 1. The summed E-state index contributed by atoms with van der Waals surface area (Å²) in [5.41, 5.74) is 1.21. The van der Waals surface area contributed by atoms with Crippen molar-refractivity contribution in [3.63, 3.8) is 0 Å². The zero-order valence-corrected chi connectivity index (χ0v) is 14.0. The van der Waals surface area contributed by atoms with E-state index in [1.165, 1.54) is 12.0 Å². The van der Waals surface area contributed by atoms with Crippen molar-refractivity contribution < 1.29 is 14.3 Å². The van der Waals surface area contributed by atoms with Gasteiger partial charge in [-0.3, -0.25) is 9.59 Å². The Morgan fingerprint density at radius 3 is 2.54 bits per heavy atom. The molecule has 0 N–H and O–H groups in total. The molecule has 3 rings (SSSR count). The number of piperazine rings is 1. The van der Waals surface area contributed by atoms with E-state index >= 15 is 0 Å². The van der Waals surface area contributed by atoms with Gasteiger partial charge in [0.05, 0.1) is 12.7 Å². The van der Waals surface area contributed by atoms with Crippen LogP contribution in [0.1, 0.15) is 10.4 Å². The lowest BCUT2D eigenvalue weighted by atomic mass is 10.1. The van der Waals surface area contributed by atoms with E-state index in [1.54, 1.807) is 23.1 Å². The molecule has 1 fully saturated rings. The summed E-state index contributed by atoms with van der Waals surface area (Å²) in [5, 5.41) is 0.452. The van der Waals surface area contributed by atoms with Gasteiger partial charge in [0.25, 0.3) is 5.91 Å². The lowest BCUT2D eigenvalue weighted by Crippen LogP contribution is -2.52. The van der Waals surface area contributed by atoms with Crippen molar-refractivity contribution in [1.29, 1.82) is 0 Å². The van der Waals surface area contributed by atoms with E-state index in [9.17, 15) is 9.59 Å². The molecule has 0 unspecified atom stereocenters. The predicted molar refractivity (Wildman–Crippen MR) is 92.7 cm³/mol. The fourth-order valence-electron chi connectivity index (χ4n) is 2.75. The molecule has 0 atom stereocenters. The third kappa shape index (κ3) is 3.21. The van der Waals surface area contributed by atoms with Gasteiger partial charge in [0, 0.05) is 23.8 Å². The number of hydrogen-bond donors (Lipinski definition) is 0. The van der Waals surface area contributed by atoms with Crippen LogP contribution in [-0.4, -0.2) is 43.5 Å². The first kappa shape index (κ1) is 16.3. The molecule has 6 heteroatoms. The van der Waals surface area contributed by atoms with E-state index in [1.807, 2.05) is 30.3 Å². The van der Waals surface area contributed by atoms with Crippen molar-refractivity contribution in [1.82, 2.24) is 4.90 Å². The van der Waals surface area contributed by atoms with Crippen LogP contribution in [0.15, 0.2) is 48.5 Å². The summed E-state index contributed by atoms with van der Waals surface area (Å²) < 4.78 is 5.23. The molecule has 1 heterocycles. The molecule has 1 saturated heterocycles. The van der Waals surface area contributed by atoms with Crippen molar-refractivity contribution in [2.45, 2.75) is 0 Å². The molecular formula is C18H17ClN2O3. The minimum absolute atomic E-state index is 0.0311. The van der Waals surface area contributed by atoms with Crippen LogP contribution >= 0.6 is 11.6 Å². The topological polar surface area (TPSA) is 49.9 Å². The van der Waals surface area contributed by atoms with E-state index in [0.29, 0.717) is 29.4 Å². The molecule has 2 aromatic rings. The second-order valence-electron chi connectivity index (χ2n) is 5.45. The summed E-state index contributed by atoms with van der Waals surface area (Å²) in [7, 11) is 1.50. The second-order valence-corrected chi connectivity index (χ2v) is 5.89. The Morgan fingerprint density at radius 1 is 1.12 bits per heavy atom. The first-order valence-corrected chi connectivity index (χ1v) is 7.96. The standard InChI is InChI=1S/C18H17ClN2O3/c1-24-16-8-7-13(19)11-15(16)18(23)20-9-10-21(17(22)12-20)14-5-3-2-4-6-14/h2-8,11H,9-10,12H2,1H3. The molecule has 5 nitrogen and oxygen atoms in total. The van der Waals surface area contributed by atoms with E-state index in [0.717, 1.165) is 5.69 Å². The highest BCUT2D eigenvalue weighted by Gasteiger charge is 2.29. The first-order chi connectivity index (χ1) is 11.6. The van der Waals surface area contributed by atoms with E-state index < -0.39 is 0 Å². The molecule has 0 bridgehead atoms. The Kier molecular flexibility index (Phi) is 4.71. The summed E-state index contributed by atoms with van der Waals surface area (Å²) in [6.45, 7) is 0.940. The van der Waals surface area contributed by atoms with Crippen LogP contribution in [0.25, 0.3) is 0 Å². The van der Waals surface area contributed by atoms with Crippen molar-refractivity contribution in [2.24, 2.45) is 0 Å². The van der Waals surface area contributed by atoms with Crippen molar-refractivity contribution in [3.8, 4) is 5.75 Å². The zero-order chi connectivity index (χ0) is 17.1. The molecule has 2 amide bonds. The van der Waals surface area contributed by atoms with Crippen molar-refractivity contribution in [2.75, 3.05) is 31.6 Å². The Bertz CT molecular complexity index is 764. The number of hydrogen-bond acceptors (Lipinski definition) is 3. The largest absolute Gasteiger partial charge is 0.496 e. The maximum atomic E-state index is 12.7. The fraction of sp³-hybridized carbons (Fsp3) is 0.222. The van der Waals surface area contributed by atoms with E-state index in [-0.39, 0.29) is 18.4 Å². The Hall–Kier alpha value is -2.53. The Labute approximate surface area is 145 Å². The van der Waals surface area contributed by atoms with Gasteiger partial charge < -0.3 is 14.5 Å². The molecule has 24 heavy (non-hydrogen) atoms. The zero-order valence-electron chi connectivity index (χ0n) is 13.2. The number of carbonyl (C=O) groups excluding carboxylic acids is 2. The maximum absolute atomic E-state index is 12.7. The monoisotopic (exact) mass is 344 g/mol. The summed E-state index contributed by atoms with van der Waals surface area (Å²) in [4.78, 5) is 28.4. The van der Waals surface area contributed by atoms with Crippen LogP contribution in [0, 0.1) is 0 Å². The SMILES string of the molecule is COc1ccc(Cl)cc1C(=O)N1CCN(c2ccccc2)C(=O)C1. The molecule has 0 spiro atoms. The number of benzene rings is 2. The van der Waals surface area contributed by atoms with Gasteiger partial charge >= 0.3 is 0 Å². The molecule has 0 aromatic heterocycles. The number of nitrogens with zero attached hydrogens (tertiary/aromatic N) is 2. The van der Waals surface area contributed by atoms with Gasteiger partial charge in [-0.1, -0.05) is 29.8 Å². The minimum atomic E-state index is -0.254. The van der Waals surface area contributed by atoms with Gasteiger partial charge in [-0.25, -0.2) is 0 Å². The van der Waals surface area contributed by atoms with E-state index in [2.05, 4.69) is 0 Å². The molecule has 1 aliphatic heterocycles. The average molecular weight is 345 g/mol. The first-order valence-electron chi connectivity index (χ1n) is 7.58. The van der Waals surface area contributed by atoms with E-state index in [4.69, 9.17) is 16.3 Å². The minimum Gasteiger partial charge on any atom is -0.496 e. The van der Waals surface area contributed by atoms with Crippen LogP contribution in [0.3, 0.4) is 0 Å². The summed E-state index contributed by atoms with van der Waals surface area (Å²) in [6.07, 6.45) is 0. The lowest BCUT2D eigenvalue weighted by Gasteiger charge is -2.34. The Morgan fingerprint density at radius 2 is 1.88 bits per heavy atom. The van der Waals surface area contributed by atoms with Gasteiger partial charge in [-0.2, -0.15) is 0 Å². The molecule has 1 aliphatic rings. The van der Waals surface area contributed by atoms with Crippen LogP contribution in [0.5, 0.6) is 5.75 Å². The smallest absolute Gasteiger partial charge is 0.258 e. The number of anilines is 1. The highest BCUT2D eigenvalue weighted by molar-refractivity contribution is 6.31. The second kappa shape index (κ2) is 6.93. The van der Waals surface area contributed by atoms with Crippen LogP contribution in [0.2, 0.25) is 5.02 Å². The normalized spacial score (nSPS) is 14.7. The lowest BCUT2D eigenvalue weighted by molar-refractivity contribution is -0.120. The van der Waals surface area contributed by atoms with Crippen LogP contribution in [0.4, 0.5) is 5.69 Å². The molecule has 0 radical (unpaired) electrons. The number of amides is 2. The molecular weight excluding hydrogens is 328 g/mol. The maximum Gasteiger partial charge on any atom is 0.258 e. The number of methoxy groups -OCH3 is 1. The molecule has 2 aromatic carbocycles. The average Bonchev–Trinajstić information content (AvgIpc) is 2.61. The van der Waals surface area contributed by atoms with Crippen LogP contribution in [-0.2, 0) is 4.79 Å². The number of rotatable bonds is 3. The van der Waals surface area contributed by atoms with Crippen LogP contribution < -0.4 is 9.64 Å². The van der Waals surface area contributed by atoms with Gasteiger partial charge in [0.2, 0.25) is 5.91 Å². The van der Waals surface area contributed by atoms with Gasteiger partial charge in [0.1, 0.15) is 12.3 Å². The van der Waals surface area contributed by atoms with Crippen molar-refractivity contribution in [3.05, 3.63) is 59.1 Å². The van der Waals surface area contributed by atoms with Gasteiger partial charge in [-0.15, -0.1) is 0 Å².